The van der Waals surface area contributed by atoms with Crippen molar-refractivity contribution in [1.29, 1.82) is 0 Å². The summed E-state index contributed by atoms with van der Waals surface area (Å²) in [6.45, 7) is 8.83. The summed E-state index contributed by atoms with van der Waals surface area (Å²) >= 11 is 3.76. The molecule has 1 N–H and O–H groups in total. The molecule has 1 aliphatic rings. The normalized spacial score (nSPS) is 16.2. The number of halogens is 1. The first-order valence-electron chi connectivity index (χ1n) is 7.96. The van der Waals surface area contributed by atoms with Gasteiger partial charge in [0.2, 0.25) is 0 Å². The smallest absolute Gasteiger partial charge is 0.0380 e. The molecule has 0 aromatic heterocycles. The van der Waals surface area contributed by atoms with E-state index in [1.165, 1.54) is 48.0 Å². The molecule has 1 aliphatic carbocycles. The summed E-state index contributed by atoms with van der Waals surface area (Å²) in [5.41, 5.74) is 2.72. The Labute approximate surface area is 132 Å². The maximum absolute atomic E-state index is 3.76. The molecule has 112 valence electrons. The molecule has 0 saturated heterocycles. The van der Waals surface area contributed by atoms with Crippen molar-refractivity contribution >= 4 is 21.6 Å². The molecule has 2 rings (SSSR count). The number of benzene rings is 1. The summed E-state index contributed by atoms with van der Waals surface area (Å²) in [7, 11) is 0. The fourth-order valence-electron chi connectivity index (χ4n) is 2.70. The van der Waals surface area contributed by atoms with Gasteiger partial charge in [0.15, 0.2) is 0 Å². The minimum absolute atomic E-state index is 0.397. The zero-order valence-electron chi connectivity index (χ0n) is 13.0. The van der Waals surface area contributed by atoms with Crippen molar-refractivity contribution in [2.24, 2.45) is 0 Å². The Morgan fingerprint density at radius 3 is 2.65 bits per heavy atom. The van der Waals surface area contributed by atoms with Gasteiger partial charge in [-0.05, 0) is 50.4 Å². The highest BCUT2D eigenvalue weighted by Crippen LogP contribution is 2.35. The average Bonchev–Trinajstić information content (AvgIpc) is 3.24. The van der Waals surface area contributed by atoms with Gasteiger partial charge >= 0.3 is 0 Å². The van der Waals surface area contributed by atoms with Crippen LogP contribution in [0, 0.1) is 0 Å². The maximum Gasteiger partial charge on any atom is 0.0380 e. The molecule has 20 heavy (non-hydrogen) atoms. The van der Waals surface area contributed by atoms with Gasteiger partial charge in [-0.2, -0.15) is 0 Å². The summed E-state index contributed by atoms with van der Waals surface area (Å²) in [5.74, 6) is 0. The van der Waals surface area contributed by atoms with E-state index in [-0.39, 0.29) is 0 Å². The lowest BCUT2D eigenvalue weighted by molar-refractivity contribution is 0.596. The summed E-state index contributed by atoms with van der Waals surface area (Å²) in [6, 6.07) is 8.05. The van der Waals surface area contributed by atoms with Crippen molar-refractivity contribution in [2.45, 2.75) is 58.5 Å². The Morgan fingerprint density at radius 1 is 1.35 bits per heavy atom. The number of nitrogens with one attached hydrogen (secondary N) is 1. The zero-order valence-corrected chi connectivity index (χ0v) is 14.5. The fourth-order valence-corrected chi connectivity index (χ4v) is 3.41. The second-order valence-electron chi connectivity index (χ2n) is 5.76. The second kappa shape index (κ2) is 7.46. The lowest BCUT2D eigenvalue weighted by Gasteiger charge is -2.26. The van der Waals surface area contributed by atoms with E-state index in [1.54, 1.807) is 0 Å². The van der Waals surface area contributed by atoms with Gasteiger partial charge in [-0.1, -0.05) is 42.3 Å². The molecule has 3 heteroatoms. The predicted octanol–water partition coefficient (Wildman–Crippen LogP) is 4.89. The van der Waals surface area contributed by atoms with Crippen molar-refractivity contribution in [1.82, 2.24) is 5.32 Å². The number of hydrogen-bond acceptors (Lipinski definition) is 2. The largest absolute Gasteiger partial charge is 0.369 e. The highest BCUT2D eigenvalue weighted by Gasteiger charge is 2.29. The number of rotatable bonds is 8. The minimum Gasteiger partial charge on any atom is -0.369 e. The monoisotopic (exact) mass is 338 g/mol. The molecule has 0 aliphatic heterocycles. The Morgan fingerprint density at radius 2 is 2.10 bits per heavy atom. The molecule has 2 nitrogen and oxygen atoms in total. The van der Waals surface area contributed by atoms with Crippen LogP contribution in [0.15, 0.2) is 22.7 Å². The van der Waals surface area contributed by atoms with E-state index in [4.69, 9.17) is 0 Å². The van der Waals surface area contributed by atoms with Crippen LogP contribution < -0.4 is 10.2 Å². The molecular weight excluding hydrogens is 312 g/mol. The molecule has 1 aromatic rings. The Kier molecular flexibility index (Phi) is 5.91. The predicted molar refractivity (Wildman–Crippen MR) is 91.5 cm³/mol. The first-order valence-corrected chi connectivity index (χ1v) is 8.76. The highest BCUT2D eigenvalue weighted by molar-refractivity contribution is 9.10. The number of unbranched alkanes of at least 4 members (excludes halogenated alkanes) is 1. The van der Waals surface area contributed by atoms with Crippen molar-refractivity contribution in [2.75, 3.05) is 18.0 Å². The van der Waals surface area contributed by atoms with E-state index in [9.17, 15) is 0 Å². The van der Waals surface area contributed by atoms with Gasteiger partial charge in [0, 0.05) is 28.8 Å². The molecule has 1 unspecified atom stereocenters. The van der Waals surface area contributed by atoms with Crippen molar-refractivity contribution in [3.05, 3.63) is 28.2 Å². The number of anilines is 1. The minimum atomic E-state index is 0.397. The molecule has 0 bridgehead atoms. The standard InChI is InChI=1S/C17H27BrN2/c1-4-6-11-20(14-7-8-14)15-9-10-16(17(18)12-15)13(3)19-5-2/h9-10,12-14,19H,4-8,11H2,1-3H3. The molecule has 0 amide bonds. The van der Waals surface area contributed by atoms with Gasteiger partial charge < -0.3 is 10.2 Å². The third-order valence-corrected chi connectivity index (χ3v) is 4.72. The lowest BCUT2D eigenvalue weighted by Crippen LogP contribution is -2.27. The third-order valence-electron chi connectivity index (χ3n) is 4.03. The second-order valence-corrected chi connectivity index (χ2v) is 6.62. The summed E-state index contributed by atoms with van der Waals surface area (Å²) in [5, 5.41) is 3.48. The van der Waals surface area contributed by atoms with Crippen LogP contribution in [0.25, 0.3) is 0 Å². The van der Waals surface area contributed by atoms with E-state index < -0.39 is 0 Å². The van der Waals surface area contributed by atoms with Gasteiger partial charge in [-0.25, -0.2) is 0 Å². The van der Waals surface area contributed by atoms with Crippen LogP contribution in [0.3, 0.4) is 0 Å². The van der Waals surface area contributed by atoms with Crippen LogP contribution in [-0.4, -0.2) is 19.1 Å². The Balaban J connectivity index is 2.13. The highest BCUT2D eigenvalue weighted by atomic mass is 79.9. The summed E-state index contributed by atoms with van der Waals surface area (Å²) < 4.78 is 1.23. The van der Waals surface area contributed by atoms with E-state index in [0.29, 0.717) is 6.04 Å². The van der Waals surface area contributed by atoms with Gasteiger partial charge in [0.05, 0.1) is 0 Å². The van der Waals surface area contributed by atoms with Crippen LogP contribution in [0.5, 0.6) is 0 Å². The van der Waals surface area contributed by atoms with E-state index in [2.05, 4.69) is 65.1 Å². The van der Waals surface area contributed by atoms with E-state index in [0.717, 1.165) is 12.6 Å². The molecule has 1 atom stereocenters. The molecule has 0 radical (unpaired) electrons. The first-order chi connectivity index (χ1) is 9.67. The maximum atomic E-state index is 3.76. The third kappa shape index (κ3) is 3.98. The molecular formula is C17H27BrN2. The first kappa shape index (κ1) is 15.8. The van der Waals surface area contributed by atoms with Gasteiger partial charge in [-0.15, -0.1) is 0 Å². The van der Waals surface area contributed by atoms with Crippen molar-refractivity contribution in [3.63, 3.8) is 0 Å². The fraction of sp³-hybridized carbons (Fsp3) is 0.647. The summed E-state index contributed by atoms with van der Waals surface area (Å²) in [4.78, 5) is 2.59. The Bertz CT molecular complexity index is 429. The van der Waals surface area contributed by atoms with Gasteiger partial charge in [-0.3, -0.25) is 0 Å². The van der Waals surface area contributed by atoms with Crippen LogP contribution >= 0.6 is 15.9 Å². The molecule has 1 saturated carbocycles. The zero-order chi connectivity index (χ0) is 14.5. The number of nitrogens with zero attached hydrogens (tertiary/aromatic N) is 1. The quantitative estimate of drug-likeness (QED) is 0.725. The van der Waals surface area contributed by atoms with Crippen LogP contribution in [0.2, 0.25) is 0 Å². The summed E-state index contributed by atoms with van der Waals surface area (Å²) in [6.07, 6.45) is 5.26. The average molecular weight is 339 g/mol. The van der Waals surface area contributed by atoms with Gasteiger partial charge in [0.1, 0.15) is 0 Å². The SMILES string of the molecule is CCCCN(c1ccc(C(C)NCC)c(Br)c1)C1CC1. The van der Waals surface area contributed by atoms with E-state index >= 15 is 0 Å². The lowest BCUT2D eigenvalue weighted by atomic mass is 10.1. The van der Waals surface area contributed by atoms with Gasteiger partial charge in [0.25, 0.3) is 0 Å². The number of hydrogen-bond donors (Lipinski definition) is 1. The molecule has 0 spiro atoms. The van der Waals surface area contributed by atoms with Crippen LogP contribution in [-0.2, 0) is 0 Å². The molecule has 0 heterocycles. The van der Waals surface area contributed by atoms with Crippen LogP contribution in [0.1, 0.15) is 58.1 Å². The molecule has 1 aromatic carbocycles. The van der Waals surface area contributed by atoms with Crippen molar-refractivity contribution in [3.8, 4) is 0 Å². The Hall–Kier alpha value is -0.540. The molecule has 1 fully saturated rings. The topological polar surface area (TPSA) is 15.3 Å². The van der Waals surface area contributed by atoms with Crippen LogP contribution in [0.4, 0.5) is 5.69 Å². The van der Waals surface area contributed by atoms with Crippen molar-refractivity contribution < 1.29 is 0 Å². The van der Waals surface area contributed by atoms with E-state index in [1.807, 2.05) is 0 Å².